The van der Waals surface area contributed by atoms with Gasteiger partial charge in [-0.25, -0.2) is 0 Å². The second-order valence-corrected chi connectivity index (χ2v) is 1.20. The molecule has 10 heavy (non-hydrogen) atoms. The second kappa shape index (κ2) is 3.90. The second-order valence-electron chi connectivity index (χ2n) is 1.20. The van der Waals surface area contributed by atoms with Crippen LogP contribution in [0.4, 0.5) is 0 Å². The van der Waals surface area contributed by atoms with Gasteiger partial charge in [0, 0.05) is 0 Å². The Bertz CT molecular complexity index is 203. The highest BCUT2D eigenvalue weighted by atomic mass is 14.4. The molecular weight excluding hydrogens is 128 g/mol. The van der Waals surface area contributed by atoms with Gasteiger partial charge in [0.05, 0.1) is 0 Å². The largest absolute Gasteiger partial charge is 0.312 e. The Morgan fingerprint density at radius 1 is 0.700 bits per heavy atom. The summed E-state index contributed by atoms with van der Waals surface area (Å²) in [5.74, 6) is 0. The Kier molecular flexibility index (Phi) is 4.24. The van der Waals surface area contributed by atoms with Gasteiger partial charge in [-0.3, -0.25) is 0 Å². The molecule has 0 aromatic rings. The predicted octanol–water partition coefficient (Wildman–Crippen LogP) is 0.703. The summed E-state index contributed by atoms with van der Waals surface area (Å²) in [6.07, 6.45) is 0. The van der Waals surface area contributed by atoms with Crippen molar-refractivity contribution >= 4 is 0 Å². The predicted molar refractivity (Wildman–Crippen MR) is 31.6 cm³/mol. The first-order valence-corrected chi connectivity index (χ1v) is 1.89. The molecule has 4 heteroatoms. The molecule has 0 heterocycles. The van der Waals surface area contributed by atoms with Gasteiger partial charge in [-0.2, -0.15) is 21.0 Å². The number of nitriles is 4. The molecule has 48 valence electrons. The highest BCUT2D eigenvalue weighted by molar-refractivity contribution is 5.35. The molecule has 0 aliphatic rings. The first-order valence-electron chi connectivity index (χ1n) is 1.89. The van der Waals surface area contributed by atoms with Crippen molar-refractivity contribution in [2.75, 3.05) is 0 Å². The molecule has 0 rings (SSSR count). The van der Waals surface area contributed by atoms with Crippen molar-refractivity contribution in [3.8, 4) is 24.3 Å². The van der Waals surface area contributed by atoms with Crippen LogP contribution < -0.4 is 0 Å². The molecule has 0 saturated heterocycles. The first kappa shape index (κ1) is 10.9. The minimum Gasteiger partial charge on any atom is -0.194 e. The summed E-state index contributed by atoms with van der Waals surface area (Å²) in [6, 6.07) is 5.12. The van der Waals surface area contributed by atoms with E-state index in [1.165, 1.54) is 24.3 Å². The zero-order chi connectivity index (χ0) is 7.33. The fourth-order valence-corrected chi connectivity index (χ4v) is 0.150. The fourth-order valence-electron chi connectivity index (χ4n) is 0.150. The fraction of sp³-hybridized carbons (Fsp3) is 0.333. The van der Waals surface area contributed by atoms with Crippen LogP contribution in [0.3, 0.4) is 0 Å². The van der Waals surface area contributed by atoms with Crippen molar-refractivity contribution < 1.29 is 0 Å². The summed E-state index contributed by atoms with van der Waals surface area (Å²) in [4.78, 5) is 0. The molecule has 0 bridgehead atoms. The van der Waals surface area contributed by atoms with Crippen molar-refractivity contribution in [2.24, 2.45) is 5.41 Å². The quantitative estimate of drug-likeness (QED) is 0.484. The Morgan fingerprint density at radius 3 is 0.900 bits per heavy atom. The third kappa shape index (κ3) is 1.48. The van der Waals surface area contributed by atoms with Crippen molar-refractivity contribution in [3.63, 3.8) is 0 Å². The number of rotatable bonds is 0. The van der Waals surface area contributed by atoms with E-state index in [4.69, 9.17) is 21.0 Å². The van der Waals surface area contributed by atoms with Crippen LogP contribution in [-0.4, -0.2) is 0 Å². The maximum atomic E-state index is 8.06. The molecule has 0 spiro atoms. The normalized spacial score (nSPS) is 6.80. The molecule has 4 nitrogen and oxygen atoms in total. The lowest BCUT2D eigenvalue weighted by Gasteiger charge is -1.89. The molecule has 0 unspecified atom stereocenters. The standard InChI is InChI=1S/C5N4.CH4/c6-1-5(2-7,3-8)4-9;/h;1H4. The number of hydrogen-bond donors (Lipinski definition) is 0. The molecule has 0 atom stereocenters. The SMILES string of the molecule is C.N#CC(C#N)(C#N)C#N. The monoisotopic (exact) mass is 132 g/mol. The van der Waals surface area contributed by atoms with E-state index < -0.39 is 5.41 Å². The highest BCUT2D eigenvalue weighted by Gasteiger charge is 2.28. The van der Waals surface area contributed by atoms with E-state index in [0.717, 1.165) is 0 Å². The van der Waals surface area contributed by atoms with E-state index in [0.29, 0.717) is 0 Å². The van der Waals surface area contributed by atoms with Gasteiger partial charge < -0.3 is 0 Å². The minimum atomic E-state index is -2.11. The average molecular weight is 132 g/mol. The number of nitrogens with zero attached hydrogens (tertiary/aromatic N) is 4. The van der Waals surface area contributed by atoms with Gasteiger partial charge in [0.15, 0.2) is 0 Å². The van der Waals surface area contributed by atoms with Gasteiger partial charge in [0.2, 0.25) is 0 Å². The van der Waals surface area contributed by atoms with Gasteiger partial charge in [-0.05, 0) is 0 Å². The summed E-state index contributed by atoms with van der Waals surface area (Å²) in [6.45, 7) is 0. The van der Waals surface area contributed by atoms with Gasteiger partial charge in [-0.1, -0.05) is 7.43 Å². The summed E-state index contributed by atoms with van der Waals surface area (Å²) in [7, 11) is 0. The highest BCUT2D eigenvalue weighted by Crippen LogP contribution is 2.09. The molecule has 0 radical (unpaired) electrons. The average Bonchev–Trinajstić information content (AvgIpc) is 1.95. The summed E-state index contributed by atoms with van der Waals surface area (Å²) < 4.78 is 0. The third-order valence-corrected chi connectivity index (χ3v) is 0.671. The lowest BCUT2D eigenvalue weighted by molar-refractivity contribution is 0.893. The van der Waals surface area contributed by atoms with Crippen LogP contribution in [0.5, 0.6) is 0 Å². The molecule has 0 aliphatic heterocycles. The number of hydrogen-bond acceptors (Lipinski definition) is 4. The molecule has 0 N–H and O–H groups in total. The topological polar surface area (TPSA) is 95.2 Å². The Hall–Kier alpha value is -2.04. The van der Waals surface area contributed by atoms with E-state index in [1.54, 1.807) is 0 Å². The molecular formula is C6H4N4. The Morgan fingerprint density at radius 2 is 0.900 bits per heavy atom. The van der Waals surface area contributed by atoms with Gasteiger partial charge in [-0.15, -0.1) is 0 Å². The minimum absolute atomic E-state index is 0. The molecule has 0 aromatic carbocycles. The molecule has 0 saturated carbocycles. The Balaban J connectivity index is 0. The molecule has 0 aliphatic carbocycles. The molecule has 0 aromatic heterocycles. The van der Waals surface area contributed by atoms with Crippen LogP contribution in [0.1, 0.15) is 7.43 Å². The van der Waals surface area contributed by atoms with E-state index in [9.17, 15) is 0 Å². The Labute approximate surface area is 59.1 Å². The summed E-state index contributed by atoms with van der Waals surface area (Å²) in [5.41, 5.74) is -2.11. The van der Waals surface area contributed by atoms with Crippen LogP contribution >= 0.6 is 0 Å². The zero-order valence-corrected chi connectivity index (χ0v) is 4.29. The van der Waals surface area contributed by atoms with Crippen LogP contribution in [0.2, 0.25) is 0 Å². The molecule has 0 fully saturated rings. The van der Waals surface area contributed by atoms with Gasteiger partial charge >= 0.3 is 5.41 Å². The van der Waals surface area contributed by atoms with Crippen molar-refractivity contribution in [2.45, 2.75) is 7.43 Å². The third-order valence-electron chi connectivity index (χ3n) is 0.671. The lowest BCUT2D eigenvalue weighted by Crippen LogP contribution is -2.08. The van der Waals surface area contributed by atoms with Gasteiger partial charge in [0.1, 0.15) is 24.3 Å². The van der Waals surface area contributed by atoms with E-state index in [-0.39, 0.29) is 7.43 Å². The smallest absolute Gasteiger partial charge is 0.194 e. The van der Waals surface area contributed by atoms with Crippen LogP contribution in [0.25, 0.3) is 0 Å². The van der Waals surface area contributed by atoms with E-state index >= 15 is 0 Å². The zero-order valence-electron chi connectivity index (χ0n) is 4.29. The van der Waals surface area contributed by atoms with Crippen LogP contribution in [0, 0.1) is 50.7 Å². The molecule has 0 amide bonds. The maximum absolute atomic E-state index is 8.06. The van der Waals surface area contributed by atoms with Crippen molar-refractivity contribution in [1.29, 1.82) is 21.0 Å². The van der Waals surface area contributed by atoms with Crippen LogP contribution in [0.15, 0.2) is 0 Å². The van der Waals surface area contributed by atoms with E-state index in [2.05, 4.69) is 0 Å². The van der Waals surface area contributed by atoms with Gasteiger partial charge in [0.25, 0.3) is 0 Å². The van der Waals surface area contributed by atoms with E-state index in [1.807, 2.05) is 0 Å². The summed E-state index contributed by atoms with van der Waals surface area (Å²) in [5, 5.41) is 32.2. The summed E-state index contributed by atoms with van der Waals surface area (Å²) >= 11 is 0. The van der Waals surface area contributed by atoms with Crippen molar-refractivity contribution in [1.82, 2.24) is 0 Å². The first-order chi connectivity index (χ1) is 4.24. The lowest BCUT2D eigenvalue weighted by atomic mass is 9.97. The van der Waals surface area contributed by atoms with Crippen molar-refractivity contribution in [3.05, 3.63) is 0 Å². The van der Waals surface area contributed by atoms with Crippen LogP contribution in [-0.2, 0) is 0 Å². The maximum Gasteiger partial charge on any atom is 0.312 e.